The molecule has 2 aromatic rings. The Morgan fingerprint density at radius 1 is 1.20 bits per heavy atom. The molecule has 1 aliphatic rings. The molecule has 1 N–H and O–H groups in total. The van der Waals surface area contributed by atoms with Gasteiger partial charge in [-0.25, -0.2) is 0 Å². The number of nitrogens with zero attached hydrogens (tertiary/aromatic N) is 1. The average Bonchev–Trinajstić information content (AvgIpc) is 3.07. The van der Waals surface area contributed by atoms with Crippen molar-refractivity contribution in [1.29, 1.82) is 0 Å². The molecule has 1 aliphatic heterocycles. The van der Waals surface area contributed by atoms with Crippen molar-refractivity contribution in [2.45, 2.75) is 26.2 Å². The summed E-state index contributed by atoms with van der Waals surface area (Å²) in [6.45, 7) is 2.79. The van der Waals surface area contributed by atoms with E-state index in [1.54, 1.807) is 17.0 Å². The van der Waals surface area contributed by atoms with Crippen LogP contribution in [-0.2, 0) is 16.0 Å². The first-order valence-electron chi connectivity index (χ1n) is 8.57. The van der Waals surface area contributed by atoms with Crippen molar-refractivity contribution in [2.75, 3.05) is 23.4 Å². The predicted octanol–water partition coefficient (Wildman–Crippen LogP) is 3.39. The molecule has 0 bridgehead atoms. The van der Waals surface area contributed by atoms with Gasteiger partial charge in [-0.3, -0.25) is 9.59 Å². The number of aryl methyl sites for hydroxylation is 1. The molecular formula is C20H22N2O3. The maximum Gasteiger partial charge on any atom is 0.262 e. The largest absolute Gasteiger partial charge is 0.484 e. The smallest absolute Gasteiger partial charge is 0.262 e. The summed E-state index contributed by atoms with van der Waals surface area (Å²) in [7, 11) is 0. The fourth-order valence-corrected chi connectivity index (χ4v) is 2.85. The van der Waals surface area contributed by atoms with Gasteiger partial charge < -0.3 is 15.0 Å². The van der Waals surface area contributed by atoms with Gasteiger partial charge in [0.1, 0.15) is 5.75 Å². The van der Waals surface area contributed by atoms with Gasteiger partial charge >= 0.3 is 0 Å². The molecule has 2 amide bonds. The lowest BCUT2D eigenvalue weighted by Crippen LogP contribution is -2.23. The topological polar surface area (TPSA) is 58.6 Å². The second kappa shape index (κ2) is 7.83. The minimum absolute atomic E-state index is 0.0421. The summed E-state index contributed by atoms with van der Waals surface area (Å²) >= 11 is 0. The molecule has 0 aliphatic carbocycles. The SMILES string of the molecule is CCc1cccc(OCC(=O)Nc2ccc(N3CCCC3=O)cc2)c1. The third kappa shape index (κ3) is 4.38. The Morgan fingerprint density at radius 3 is 2.68 bits per heavy atom. The molecule has 1 saturated heterocycles. The van der Waals surface area contributed by atoms with Gasteiger partial charge in [-0.2, -0.15) is 0 Å². The van der Waals surface area contributed by atoms with Gasteiger partial charge in [0, 0.05) is 24.3 Å². The van der Waals surface area contributed by atoms with Crippen molar-refractivity contribution in [3.63, 3.8) is 0 Å². The van der Waals surface area contributed by atoms with E-state index in [9.17, 15) is 9.59 Å². The summed E-state index contributed by atoms with van der Waals surface area (Å²) in [6, 6.07) is 15.0. The van der Waals surface area contributed by atoms with Gasteiger partial charge in [0.15, 0.2) is 6.61 Å². The van der Waals surface area contributed by atoms with Crippen molar-refractivity contribution in [1.82, 2.24) is 0 Å². The van der Waals surface area contributed by atoms with Gasteiger partial charge in [0.25, 0.3) is 5.91 Å². The normalized spacial score (nSPS) is 13.8. The molecule has 3 rings (SSSR count). The predicted molar refractivity (Wildman–Crippen MR) is 98.0 cm³/mol. The molecule has 1 heterocycles. The molecule has 5 heteroatoms. The number of benzene rings is 2. The van der Waals surface area contributed by atoms with Crippen LogP contribution in [0.2, 0.25) is 0 Å². The zero-order valence-electron chi connectivity index (χ0n) is 14.3. The lowest BCUT2D eigenvalue weighted by atomic mass is 10.2. The Morgan fingerprint density at radius 2 is 2.00 bits per heavy atom. The standard InChI is InChI=1S/C20H22N2O3/c1-2-15-5-3-6-18(13-15)25-14-19(23)21-16-8-10-17(11-9-16)22-12-4-7-20(22)24/h3,5-6,8-11,13H,2,4,7,12,14H2,1H3,(H,21,23). The maximum atomic E-state index is 12.0. The molecule has 0 radical (unpaired) electrons. The van der Waals surface area contributed by atoms with E-state index in [0.717, 1.165) is 25.1 Å². The molecule has 1 fully saturated rings. The first-order valence-corrected chi connectivity index (χ1v) is 8.57. The quantitative estimate of drug-likeness (QED) is 0.878. The monoisotopic (exact) mass is 338 g/mol. The van der Waals surface area contributed by atoms with Crippen LogP contribution in [0.5, 0.6) is 5.75 Å². The van der Waals surface area contributed by atoms with Crippen LogP contribution in [0.25, 0.3) is 0 Å². The first kappa shape index (κ1) is 17.0. The molecule has 25 heavy (non-hydrogen) atoms. The number of hydrogen-bond donors (Lipinski definition) is 1. The molecule has 0 saturated carbocycles. The highest BCUT2D eigenvalue weighted by molar-refractivity contribution is 5.96. The molecule has 5 nitrogen and oxygen atoms in total. The van der Waals surface area contributed by atoms with Crippen LogP contribution in [0.3, 0.4) is 0 Å². The van der Waals surface area contributed by atoms with Crippen molar-refractivity contribution < 1.29 is 14.3 Å². The second-order valence-electron chi connectivity index (χ2n) is 6.03. The van der Waals surface area contributed by atoms with Crippen LogP contribution in [0.4, 0.5) is 11.4 Å². The van der Waals surface area contributed by atoms with E-state index in [1.165, 1.54) is 5.56 Å². The summed E-state index contributed by atoms with van der Waals surface area (Å²) in [5.41, 5.74) is 2.73. The summed E-state index contributed by atoms with van der Waals surface area (Å²) < 4.78 is 5.54. The van der Waals surface area contributed by atoms with Gasteiger partial charge in [0.05, 0.1) is 0 Å². The number of rotatable bonds is 6. The number of amides is 2. The molecule has 2 aromatic carbocycles. The van der Waals surface area contributed by atoms with E-state index in [1.807, 2.05) is 36.4 Å². The zero-order valence-corrected chi connectivity index (χ0v) is 14.3. The van der Waals surface area contributed by atoms with Crippen LogP contribution in [0.15, 0.2) is 48.5 Å². The van der Waals surface area contributed by atoms with E-state index in [4.69, 9.17) is 4.74 Å². The summed E-state index contributed by atoms with van der Waals surface area (Å²) in [5, 5.41) is 2.80. The second-order valence-corrected chi connectivity index (χ2v) is 6.03. The van der Waals surface area contributed by atoms with Gasteiger partial charge in [0.2, 0.25) is 5.91 Å². The minimum Gasteiger partial charge on any atom is -0.484 e. The third-order valence-electron chi connectivity index (χ3n) is 4.21. The third-order valence-corrected chi connectivity index (χ3v) is 4.21. The van der Waals surface area contributed by atoms with Gasteiger partial charge in [-0.1, -0.05) is 19.1 Å². The molecule has 0 aromatic heterocycles. The van der Waals surface area contributed by atoms with E-state index in [0.29, 0.717) is 17.9 Å². The Balaban J connectivity index is 1.53. The van der Waals surface area contributed by atoms with Crippen LogP contribution in [0, 0.1) is 0 Å². The maximum absolute atomic E-state index is 12.0. The van der Waals surface area contributed by atoms with Crippen LogP contribution in [0.1, 0.15) is 25.3 Å². The molecule has 0 unspecified atom stereocenters. The molecule has 0 spiro atoms. The Labute approximate surface area is 147 Å². The van der Waals surface area contributed by atoms with Crippen molar-refractivity contribution in [2.24, 2.45) is 0 Å². The van der Waals surface area contributed by atoms with E-state index in [2.05, 4.69) is 12.2 Å². The lowest BCUT2D eigenvalue weighted by molar-refractivity contribution is -0.118. The fourth-order valence-electron chi connectivity index (χ4n) is 2.85. The van der Waals surface area contributed by atoms with Gasteiger partial charge in [-0.15, -0.1) is 0 Å². The summed E-state index contributed by atoms with van der Waals surface area (Å²) in [5.74, 6) is 0.629. The zero-order chi connectivity index (χ0) is 17.6. The number of hydrogen-bond acceptors (Lipinski definition) is 3. The van der Waals surface area contributed by atoms with Crippen LogP contribution >= 0.6 is 0 Å². The highest BCUT2D eigenvalue weighted by Crippen LogP contribution is 2.23. The highest BCUT2D eigenvalue weighted by Gasteiger charge is 2.21. The van der Waals surface area contributed by atoms with Crippen molar-refractivity contribution in [3.8, 4) is 5.75 Å². The molecular weight excluding hydrogens is 316 g/mol. The number of anilines is 2. The molecule has 130 valence electrons. The Bertz CT molecular complexity index is 756. The van der Waals surface area contributed by atoms with Crippen LogP contribution in [-0.4, -0.2) is 25.0 Å². The summed E-state index contributed by atoms with van der Waals surface area (Å²) in [4.78, 5) is 25.5. The van der Waals surface area contributed by atoms with Gasteiger partial charge in [-0.05, 0) is 54.8 Å². The van der Waals surface area contributed by atoms with Crippen LogP contribution < -0.4 is 15.0 Å². The average molecular weight is 338 g/mol. The number of nitrogens with one attached hydrogen (secondary N) is 1. The lowest BCUT2D eigenvalue weighted by Gasteiger charge is -2.16. The van der Waals surface area contributed by atoms with E-state index >= 15 is 0 Å². The Kier molecular flexibility index (Phi) is 5.33. The number of carbonyl (C=O) groups excluding carboxylic acids is 2. The highest BCUT2D eigenvalue weighted by atomic mass is 16.5. The van der Waals surface area contributed by atoms with Crippen molar-refractivity contribution in [3.05, 3.63) is 54.1 Å². The first-order chi connectivity index (χ1) is 12.2. The van der Waals surface area contributed by atoms with E-state index in [-0.39, 0.29) is 18.4 Å². The molecule has 0 atom stereocenters. The minimum atomic E-state index is -0.216. The fraction of sp³-hybridized carbons (Fsp3) is 0.300. The number of carbonyl (C=O) groups is 2. The van der Waals surface area contributed by atoms with Crippen molar-refractivity contribution >= 4 is 23.2 Å². The Hall–Kier alpha value is -2.82. The number of ether oxygens (including phenoxy) is 1. The van der Waals surface area contributed by atoms with E-state index < -0.39 is 0 Å². The summed E-state index contributed by atoms with van der Waals surface area (Å²) in [6.07, 6.45) is 2.43.